The van der Waals surface area contributed by atoms with E-state index in [9.17, 15) is 19.2 Å². The largest absolute Gasteiger partial charge is 0.451 e. The maximum absolute atomic E-state index is 12.1. The van der Waals surface area contributed by atoms with E-state index in [1.54, 1.807) is 24.3 Å². The van der Waals surface area contributed by atoms with E-state index in [-0.39, 0.29) is 11.1 Å². The Kier molecular flexibility index (Phi) is 6.42. The SMILES string of the molecule is CC(C)CCNC(=O)NC(=O)COC(=O)c1n[nH]c(=O)c2ccccc12. The second-order valence-electron chi connectivity index (χ2n) is 6.01. The minimum atomic E-state index is -0.882. The zero-order valence-corrected chi connectivity index (χ0v) is 14.5. The summed E-state index contributed by atoms with van der Waals surface area (Å²) >= 11 is 0. The standard InChI is InChI=1S/C17H20N4O5/c1-10(2)7-8-18-17(25)19-13(22)9-26-16(24)14-11-5-3-4-6-12(11)15(23)21-20-14/h3-6,10H,7-9H2,1-2H3,(H,21,23)(H2,18,19,22,25). The highest BCUT2D eigenvalue weighted by Gasteiger charge is 2.17. The maximum Gasteiger partial charge on any atom is 0.359 e. The first-order valence-electron chi connectivity index (χ1n) is 8.10. The molecule has 3 amide bonds. The fourth-order valence-corrected chi connectivity index (χ4v) is 2.15. The molecule has 0 aliphatic carbocycles. The number of imide groups is 1. The Bertz CT molecular complexity index is 875. The van der Waals surface area contributed by atoms with Crippen molar-refractivity contribution in [1.82, 2.24) is 20.8 Å². The third kappa shape index (κ3) is 5.13. The van der Waals surface area contributed by atoms with Gasteiger partial charge in [0.05, 0.1) is 5.39 Å². The smallest absolute Gasteiger partial charge is 0.359 e. The molecule has 0 saturated heterocycles. The fraction of sp³-hybridized carbons (Fsp3) is 0.353. The number of aromatic nitrogens is 2. The van der Waals surface area contributed by atoms with E-state index in [4.69, 9.17) is 4.74 Å². The summed E-state index contributed by atoms with van der Waals surface area (Å²) in [5.41, 5.74) is -0.553. The van der Waals surface area contributed by atoms with Crippen LogP contribution in [0.3, 0.4) is 0 Å². The number of rotatable bonds is 6. The lowest BCUT2D eigenvalue weighted by Crippen LogP contribution is -2.42. The Morgan fingerprint density at radius 1 is 1.19 bits per heavy atom. The van der Waals surface area contributed by atoms with Crippen LogP contribution in [0.15, 0.2) is 29.1 Å². The van der Waals surface area contributed by atoms with Gasteiger partial charge in [-0.3, -0.25) is 14.9 Å². The summed E-state index contributed by atoms with van der Waals surface area (Å²) in [5.74, 6) is -1.23. The summed E-state index contributed by atoms with van der Waals surface area (Å²) in [6.45, 7) is 3.81. The number of esters is 1. The van der Waals surface area contributed by atoms with Gasteiger partial charge in [0.25, 0.3) is 11.5 Å². The van der Waals surface area contributed by atoms with Crippen molar-refractivity contribution in [1.29, 1.82) is 0 Å². The second kappa shape index (κ2) is 8.75. The van der Waals surface area contributed by atoms with Crippen molar-refractivity contribution in [3.63, 3.8) is 0 Å². The molecule has 1 aromatic carbocycles. The van der Waals surface area contributed by atoms with Gasteiger partial charge < -0.3 is 10.1 Å². The van der Waals surface area contributed by atoms with E-state index in [1.807, 2.05) is 13.8 Å². The second-order valence-corrected chi connectivity index (χ2v) is 6.01. The Labute approximate surface area is 149 Å². The Morgan fingerprint density at radius 3 is 2.58 bits per heavy atom. The number of urea groups is 1. The molecule has 138 valence electrons. The van der Waals surface area contributed by atoms with Crippen LogP contribution >= 0.6 is 0 Å². The van der Waals surface area contributed by atoms with Gasteiger partial charge in [0, 0.05) is 11.9 Å². The Hall–Kier alpha value is -3.23. The van der Waals surface area contributed by atoms with Gasteiger partial charge >= 0.3 is 12.0 Å². The highest BCUT2D eigenvalue weighted by atomic mass is 16.5. The van der Waals surface area contributed by atoms with E-state index in [0.29, 0.717) is 17.8 Å². The number of nitrogens with one attached hydrogen (secondary N) is 3. The van der Waals surface area contributed by atoms with Crippen molar-refractivity contribution in [2.24, 2.45) is 5.92 Å². The van der Waals surface area contributed by atoms with E-state index in [1.165, 1.54) is 0 Å². The topological polar surface area (TPSA) is 130 Å². The number of ether oxygens (including phenoxy) is 1. The predicted octanol–water partition coefficient (Wildman–Crippen LogP) is 0.952. The quantitative estimate of drug-likeness (QED) is 0.658. The molecule has 0 radical (unpaired) electrons. The summed E-state index contributed by atoms with van der Waals surface area (Å²) in [4.78, 5) is 47.0. The van der Waals surface area contributed by atoms with Gasteiger partial charge in [-0.1, -0.05) is 32.0 Å². The lowest BCUT2D eigenvalue weighted by molar-refractivity contribution is -0.123. The van der Waals surface area contributed by atoms with E-state index in [2.05, 4.69) is 20.8 Å². The molecule has 1 heterocycles. The summed E-state index contributed by atoms with van der Waals surface area (Å²) in [7, 11) is 0. The molecular weight excluding hydrogens is 340 g/mol. The third-order valence-corrected chi connectivity index (χ3v) is 3.48. The van der Waals surface area contributed by atoms with Crippen LogP contribution < -0.4 is 16.2 Å². The van der Waals surface area contributed by atoms with Gasteiger partial charge in [-0.15, -0.1) is 0 Å². The molecule has 0 spiro atoms. The first-order valence-corrected chi connectivity index (χ1v) is 8.10. The van der Waals surface area contributed by atoms with Gasteiger partial charge in [-0.2, -0.15) is 5.10 Å². The molecule has 0 unspecified atom stereocenters. The van der Waals surface area contributed by atoms with Gasteiger partial charge in [0.1, 0.15) is 0 Å². The summed E-state index contributed by atoms with van der Waals surface area (Å²) in [5, 5.41) is 11.1. The van der Waals surface area contributed by atoms with Crippen molar-refractivity contribution in [3.05, 3.63) is 40.3 Å². The zero-order chi connectivity index (χ0) is 19.1. The average Bonchev–Trinajstić information content (AvgIpc) is 2.60. The van der Waals surface area contributed by atoms with Crippen molar-refractivity contribution in [3.8, 4) is 0 Å². The number of amides is 3. The minimum Gasteiger partial charge on any atom is -0.451 e. The van der Waals surface area contributed by atoms with Crippen LogP contribution in [-0.4, -0.2) is 41.3 Å². The molecule has 0 atom stereocenters. The van der Waals surface area contributed by atoms with Crippen LogP contribution in [-0.2, 0) is 9.53 Å². The zero-order valence-electron chi connectivity index (χ0n) is 14.5. The summed E-state index contributed by atoms with van der Waals surface area (Å²) < 4.78 is 4.87. The van der Waals surface area contributed by atoms with Crippen molar-refractivity contribution in [2.45, 2.75) is 20.3 Å². The van der Waals surface area contributed by atoms with Gasteiger partial charge in [-0.25, -0.2) is 14.7 Å². The highest BCUT2D eigenvalue weighted by molar-refractivity contribution is 6.03. The summed E-state index contributed by atoms with van der Waals surface area (Å²) in [6.07, 6.45) is 0.779. The number of benzene rings is 1. The van der Waals surface area contributed by atoms with Crippen LogP contribution in [0.5, 0.6) is 0 Å². The molecule has 9 nitrogen and oxygen atoms in total. The Morgan fingerprint density at radius 2 is 1.88 bits per heavy atom. The molecule has 0 aliphatic heterocycles. The molecule has 0 fully saturated rings. The van der Waals surface area contributed by atoms with Crippen LogP contribution in [0, 0.1) is 5.92 Å². The Balaban J connectivity index is 1.91. The van der Waals surface area contributed by atoms with E-state index < -0.39 is 30.1 Å². The lowest BCUT2D eigenvalue weighted by Gasteiger charge is -2.09. The molecule has 1 aromatic heterocycles. The van der Waals surface area contributed by atoms with Crippen LogP contribution in [0.2, 0.25) is 0 Å². The number of hydrogen-bond acceptors (Lipinski definition) is 6. The lowest BCUT2D eigenvalue weighted by atomic mass is 10.1. The van der Waals surface area contributed by atoms with E-state index in [0.717, 1.165) is 6.42 Å². The number of fused-ring (bicyclic) bond motifs is 1. The molecular formula is C17H20N4O5. The molecule has 3 N–H and O–H groups in total. The molecule has 2 rings (SSSR count). The minimum absolute atomic E-state index is 0.116. The van der Waals surface area contributed by atoms with Gasteiger partial charge in [-0.05, 0) is 18.4 Å². The number of carbonyl (C=O) groups is 3. The fourth-order valence-electron chi connectivity index (χ4n) is 2.15. The predicted molar refractivity (Wildman–Crippen MR) is 93.6 cm³/mol. The van der Waals surface area contributed by atoms with Gasteiger partial charge in [0.15, 0.2) is 12.3 Å². The van der Waals surface area contributed by atoms with E-state index >= 15 is 0 Å². The number of hydrogen-bond donors (Lipinski definition) is 3. The number of H-pyrrole nitrogens is 1. The monoisotopic (exact) mass is 360 g/mol. The molecule has 0 saturated carbocycles. The van der Waals surface area contributed by atoms with Crippen molar-refractivity contribution >= 4 is 28.7 Å². The number of nitrogens with zero attached hydrogens (tertiary/aromatic N) is 1. The third-order valence-electron chi connectivity index (χ3n) is 3.48. The molecule has 0 aliphatic rings. The first-order chi connectivity index (χ1) is 12.4. The van der Waals surface area contributed by atoms with Crippen LogP contribution in [0.1, 0.15) is 30.8 Å². The van der Waals surface area contributed by atoms with Crippen molar-refractivity contribution in [2.75, 3.05) is 13.2 Å². The normalized spacial score (nSPS) is 10.6. The van der Waals surface area contributed by atoms with Crippen molar-refractivity contribution < 1.29 is 19.1 Å². The molecule has 2 aromatic rings. The summed E-state index contributed by atoms with van der Waals surface area (Å²) in [6, 6.07) is 5.74. The van der Waals surface area contributed by atoms with Gasteiger partial charge in [0.2, 0.25) is 0 Å². The number of carbonyl (C=O) groups excluding carboxylic acids is 3. The highest BCUT2D eigenvalue weighted by Crippen LogP contribution is 2.13. The molecule has 9 heteroatoms. The molecule has 26 heavy (non-hydrogen) atoms. The van der Waals surface area contributed by atoms with Crippen LogP contribution in [0.25, 0.3) is 10.8 Å². The first kappa shape index (κ1) is 19.1. The molecule has 0 bridgehead atoms. The number of aromatic amines is 1. The van der Waals surface area contributed by atoms with Crippen LogP contribution in [0.4, 0.5) is 4.79 Å². The average molecular weight is 360 g/mol. The maximum atomic E-state index is 12.1.